The van der Waals surface area contributed by atoms with Gasteiger partial charge in [0.05, 0.1) is 31.6 Å². The number of rotatable bonds is 10. The Hall–Kier alpha value is -1.77. The summed E-state index contributed by atoms with van der Waals surface area (Å²) in [6.45, 7) is 2.80. The van der Waals surface area contributed by atoms with Gasteiger partial charge in [-0.25, -0.2) is 0 Å². The van der Waals surface area contributed by atoms with Crippen LogP contribution in [0.2, 0.25) is 0 Å². The zero-order valence-electron chi connectivity index (χ0n) is 12.1. The third-order valence-corrected chi connectivity index (χ3v) is 2.81. The molecule has 0 saturated carbocycles. The normalized spacial score (nSPS) is 10.1. The van der Waals surface area contributed by atoms with Crippen LogP contribution in [0.4, 0.5) is 5.69 Å². The second-order valence-corrected chi connectivity index (χ2v) is 4.26. The van der Waals surface area contributed by atoms with Crippen molar-refractivity contribution < 1.29 is 14.2 Å². The van der Waals surface area contributed by atoms with E-state index in [0.717, 1.165) is 37.4 Å². The van der Waals surface area contributed by atoms with Crippen LogP contribution in [0.5, 0.6) is 5.75 Å². The van der Waals surface area contributed by atoms with E-state index in [1.54, 1.807) is 26.4 Å². The van der Waals surface area contributed by atoms with Crippen LogP contribution in [0.1, 0.15) is 18.4 Å². The highest BCUT2D eigenvalue weighted by Gasteiger charge is 2.03. The van der Waals surface area contributed by atoms with Gasteiger partial charge < -0.3 is 19.5 Å². The van der Waals surface area contributed by atoms with Crippen molar-refractivity contribution in [2.45, 2.75) is 12.8 Å². The summed E-state index contributed by atoms with van der Waals surface area (Å²) in [6, 6.07) is 7.55. The Balaban J connectivity index is 2.26. The van der Waals surface area contributed by atoms with Crippen LogP contribution < -0.4 is 10.1 Å². The molecule has 0 heterocycles. The first-order chi connectivity index (χ1) is 9.81. The Morgan fingerprint density at radius 3 is 2.70 bits per heavy atom. The van der Waals surface area contributed by atoms with Gasteiger partial charge in [0, 0.05) is 26.3 Å². The van der Waals surface area contributed by atoms with Crippen LogP contribution in [0.25, 0.3) is 0 Å². The molecule has 1 N–H and O–H groups in total. The first-order valence-electron chi connectivity index (χ1n) is 6.70. The maximum Gasteiger partial charge on any atom is 0.121 e. The topological polar surface area (TPSA) is 63.5 Å². The highest BCUT2D eigenvalue weighted by molar-refractivity contribution is 5.60. The van der Waals surface area contributed by atoms with Crippen molar-refractivity contribution in [1.82, 2.24) is 0 Å². The Labute approximate surface area is 120 Å². The highest BCUT2D eigenvalue weighted by atomic mass is 16.5. The van der Waals surface area contributed by atoms with E-state index in [4.69, 9.17) is 19.5 Å². The number of nitriles is 1. The van der Waals surface area contributed by atoms with Gasteiger partial charge in [-0.15, -0.1) is 0 Å². The van der Waals surface area contributed by atoms with Crippen molar-refractivity contribution in [2.24, 2.45) is 0 Å². The van der Waals surface area contributed by atoms with Gasteiger partial charge in [-0.05, 0) is 25.0 Å². The van der Waals surface area contributed by atoms with Gasteiger partial charge >= 0.3 is 0 Å². The molecule has 0 aliphatic heterocycles. The van der Waals surface area contributed by atoms with Crippen molar-refractivity contribution in [3.05, 3.63) is 23.8 Å². The summed E-state index contributed by atoms with van der Waals surface area (Å²) >= 11 is 0. The number of hydrogen-bond donors (Lipinski definition) is 1. The van der Waals surface area contributed by atoms with Crippen molar-refractivity contribution in [3.8, 4) is 11.8 Å². The molecule has 0 aliphatic carbocycles. The Morgan fingerprint density at radius 1 is 1.15 bits per heavy atom. The molecule has 0 amide bonds. The lowest BCUT2D eigenvalue weighted by molar-refractivity contribution is 0.0691. The average molecular weight is 278 g/mol. The van der Waals surface area contributed by atoms with Gasteiger partial charge in [0.2, 0.25) is 0 Å². The molecular weight excluding hydrogens is 256 g/mol. The number of methoxy groups -OCH3 is 2. The number of hydrogen-bond acceptors (Lipinski definition) is 5. The lowest BCUT2D eigenvalue weighted by Gasteiger charge is -2.10. The quantitative estimate of drug-likeness (QED) is 0.666. The van der Waals surface area contributed by atoms with E-state index in [1.165, 1.54) is 0 Å². The third kappa shape index (κ3) is 5.91. The fourth-order valence-corrected chi connectivity index (χ4v) is 1.69. The molecule has 1 aromatic rings. The summed E-state index contributed by atoms with van der Waals surface area (Å²) in [4.78, 5) is 0. The van der Waals surface area contributed by atoms with Crippen molar-refractivity contribution in [1.29, 1.82) is 5.26 Å². The van der Waals surface area contributed by atoms with Gasteiger partial charge in [0.1, 0.15) is 11.8 Å². The fraction of sp³-hybridized carbons (Fsp3) is 0.533. The van der Waals surface area contributed by atoms with E-state index in [2.05, 4.69) is 11.4 Å². The van der Waals surface area contributed by atoms with E-state index in [1.807, 2.05) is 6.07 Å². The van der Waals surface area contributed by atoms with Gasteiger partial charge in [-0.3, -0.25) is 0 Å². The van der Waals surface area contributed by atoms with E-state index in [0.29, 0.717) is 18.8 Å². The number of ether oxygens (including phenoxy) is 3. The zero-order valence-corrected chi connectivity index (χ0v) is 12.1. The maximum absolute atomic E-state index is 9.04. The maximum atomic E-state index is 9.04. The second kappa shape index (κ2) is 10.1. The van der Waals surface area contributed by atoms with E-state index in [9.17, 15) is 0 Å². The van der Waals surface area contributed by atoms with Crippen LogP contribution >= 0.6 is 0 Å². The number of nitrogens with zero attached hydrogens (tertiary/aromatic N) is 1. The van der Waals surface area contributed by atoms with Crippen molar-refractivity contribution in [3.63, 3.8) is 0 Å². The van der Waals surface area contributed by atoms with E-state index >= 15 is 0 Å². The molecular formula is C15H22N2O3. The Bertz CT molecular complexity index is 430. The monoisotopic (exact) mass is 278 g/mol. The summed E-state index contributed by atoms with van der Waals surface area (Å²) in [6.07, 6.45) is 1.96. The third-order valence-electron chi connectivity index (χ3n) is 2.81. The summed E-state index contributed by atoms with van der Waals surface area (Å²) < 4.78 is 15.4. The summed E-state index contributed by atoms with van der Waals surface area (Å²) in [5.41, 5.74) is 1.44. The first kappa shape index (κ1) is 16.3. The molecule has 110 valence electrons. The highest BCUT2D eigenvalue weighted by Crippen LogP contribution is 2.21. The SMILES string of the molecule is COCCOCCCCNc1cc(OC)ccc1C#N. The first-order valence-corrected chi connectivity index (χ1v) is 6.70. The largest absolute Gasteiger partial charge is 0.497 e. The average Bonchev–Trinajstić information content (AvgIpc) is 2.49. The predicted octanol–water partition coefficient (Wildman–Crippen LogP) is 2.42. The molecule has 0 atom stereocenters. The molecule has 0 fully saturated rings. The number of anilines is 1. The van der Waals surface area contributed by atoms with Crippen molar-refractivity contribution >= 4 is 5.69 Å². The molecule has 0 aliphatic rings. The summed E-state index contributed by atoms with van der Waals surface area (Å²) in [7, 11) is 3.27. The van der Waals surface area contributed by atoms with Gasteiger partial charge in [-0.2, -0.15) is 5.26 Å². The Morgan fingerprint density at radius 2 is 2.00 bits per heavy atom. The lowest BCUT2D eigenvalue weighted by Crippen LogP contribution is -2.07. The number of benzene rings is 1. The van der Waals surface area contributed by atoms with Gasteiger partial charge in [0.25, 0.3) is 0 Å². The van der Waals surface area contributed by atoms with E-state index in [-0.39, 0.29) is 0 Å². The molecule has 0 saturated heterocycles. The minimum Gasteiger partial charge on any atom is -0.497 e. The molecule has 0 bridgehead atoms. The van der Waals surface area contributed by atoms with Crippen LogP contribution in [-0.4, -0.2) is 40.6 Å². The second-order valence-electron chi connectivity index (χ2n) is 4.26. The fourth-order valence-electron chi connectivity index (χ4n) is 1.69. The molecule has 20 heavy (non-hydrogen) atoms. The van der Waals surface area contributed by atoms with Crippen LogP contribution in [0.15, 0.2) is 18.2 Å². The van der Waals surface area contributed by atoms with Gasteiger partial charge in [0.15, 0.2) is 0 Å². The predicted molar refractivity (Wildman–Crippen MR) is 78.1 cm³/mol. The molecule has 0 radical (unpaired) electrons. The zero-order chi connectivity index (χ0) is 14.6. The molecule has 0 aromatic heterocycles. The van der Waals surface area contributed by atoms with Crippen LogP contribution in [0, 0.1) is 11.3 Å². The van der Waals surface area contributed by atoms with Crippen molar-refractivity contribution in [2.75, 3.05) is 45.9 Å². The van der Waals surface area contributed by atoms with Crippen LogP contribution in [0.3, 0.4) is 0 Å². The molecule has 0 unspecified atom stereocenters. The van der Waals surface area contributed by atoms with E-state index < -0.39 is 0 Å². The number of unbranched alkanes of at least 4 members (excludes halogenated alkanes) is 1. The van der Waals surface area contributed by atoms with Gasteiger partial charge in [-0.1, -0.05) is 0 Å². The smallest absolute Gasteiger partial charge is 0.121 e. The molecule has 5 nitrogen and oxygen atoms in total. The molecule has 1 aromatic carbocycles. The molecule has 0 spiro atoms. The minimum atomic E-state index is 0.627. The lowest BCUT2D eigenvalue weighted by atomic mass is 10.2. The molecule has 1 rings (SSSR count). The number of nitrogens with one attached hydrogen (secondary N) is 1. The molecule has 5 heteroatoms. The summed E-state index contributed by atoms with van der Waals surface area (Å²) in [5, 5.41) is 12.3. The Kier molecular flexibility index (Phi) is 8.20. The standard InChI is InChI=1S/C15H22N2O3/c1-18-9-10-20-8-4-3-7-17-15-11-14(19-2)6-5-13(15)12-16/h5-6,11,17H,3-4,7-10H2,1-2H3. The minimum absolute atomic E-state index is 0.627. The van der Waals surface area contributed by atoms with Crippen LogP contribution in [-0.2, 0) is 9.47 Å². The summed E-state index contributed by atoms with van der Waals surface area (Å²) in [5.74, 6) is 0.745.